The van der Waals surface area contributed by atoms with Crippen molar-refractivity contribution < 1.29 is 14.3 Å². The van der Waals surface area contributed by atoms with E-state index >= 15 is 0 Å². The maximum Gasteiger partial charge on any atom is 0.233 e. The van der Waals surface area contributed by atoms with Crippen LogP contribution in [0.25, 0.3) is 0 Å². The fourth-order valence-electron chi connectivity index (χ4n) is 2.07. The second-order valence-electron chi connectivity index (χ2n) is 5.61. The van der Waals surface area contributed by atoms with Gasteiger partial charge in [-0.25, -0.2) is 0 Å². The summed E-state index contributed by atoms with van der Waals surface area (Å²) in [6.45, 7) is 4.20. The second-order valence-corrected chi connectivity index (χ2v) is 7.46. The van der Waals surface area contributed by atoms with Gasteiger partial charge in [0.25, 0.3) is 0 Å². The third-order valence-electron chi connectivity index (χ3n) is 3.44. The number of rotatable bonds is 8. The summed E-state index contributed by atoms with van der Waals surface area (Å²) in [5.74, 6) is 1.50. The quantitative estimate of drug-likeness (QED) is 0.690. The molecule has 0 radical (unpaired) electrons. The number of nitrogens with one attached hydrogen (secondary N) is 1. The van der Waals surface area contributed by atoms with E-state index in [1.54, 1.807) is 7.11 Å². The van der Waals surface area contributed by atoms with Crippen LogP contribution in [-0.2, 0) is 4.79 Å². The summed E-state index contributed by atoms with van der Waals surface area (Å²) in [6.07, 6.45) is 0. The standard InChI is InChI=1S/C19H22ClNO3S/c1-13(12-24-17-8-6-16(23-3)7-9-17)21-19(22)14(2)25-18-10-4-15(20)5-11-18/h4-11,13-14H,12H2,1-3H3,(H,21,22)/t13-,14-/m1/s1. The average Bonchev–Trinajstić information content (AvgIpc) is 2.62. The Morgan fingerprint density at radius 2 is 1.68 bits per heavy atom. The zero-order chi connectivity index (χ0) is 18.2. The minimum atomic E-state index is -0.204. The van der Waals surface area contributed by atoms with Gasteiger partial charge in [-0.1, -0.05) is 11.6 Å². The van der Waals surface area contributed by atoms with Gasteiger partial charge in [-0.2, -0.15) is 0 Å². The van der Waals surface area contributed by atoms with Gasteiger partial charge in [0.15, 0.2) is 0 Å². The highest BCUT2D eigenvalue weighted by atomic mass is 35.5. The van der Waals surface area contributed by atoms with E-state index in [1.807, 2.05) is 62.4 Å². The van der Waals surface area contributed by atoms with Gasteiger partial charge in [0.1, 0.15) is 18.1 Å². The maximum absolute atomic E-state index is 12.3. The Morgan fingerprint density at radius 1 is 1.08 bits per heavy atom. The number of amides is 1. The number of hydrogen-bond acceptors (Lipinski definition) is 4. The van der Waals surface area contributed by atoms with Crippen LogP contribution >= 0.6 is 23.4 Å². The third kappa shape index (κ3) is 6.52. The minimum absolute atomic E-state index is 0.0224. The molecule has 1 N–H and O–H groups in total. The zero-order valence-corrected chi connectivity index (χ0v) is 16.1. The molecule has 0 fully saturated rings. The predicted octanol–water partition coefficient (Wildman–Crippen LogP) is 4.41. The van der Waals surface area contributed by atoms with Crippen LogP contribution in [0, 0.1) is 0 Å². The molecule has 2 atom stereocenters. The van der Waals surface area contributed by atoms with Gasteiger partial charge in [-0.15, -0.1) is 11.8 Å². The molecule has 6 heteroatoms. The second kappa shape index (κ2) is 9.59. The van der Waals surface area contributed by atoms with Gasteiger partial charge in [-0.05, 0) is 62.4 Å². The summed E-state index contributed by atoms with van der Waals surface area (Å²) in [5.41, 5.74) is 0. The Kier molecular flexibility index (Phi) is 7.47. The van der Waals surface area contributed by atoms with Gasteiger partial charge in [0.05, 0.1) is 18.4 Å². The molecular weight excluding hydrogens is 358 g/mol. The minimum Gasteiger partial charge on any atom is -0.497 e. The molecule has 2 rings (SSSR count). The molecule has 0 unspecified atom stereocenters. The van der Waals surface area contributed by atoms with Crippen molar-refractivity contribution in [2.24, 2.45) is 0 Å². The number of halogens is 1. The molecule has 25 heavy (non-hydrogen) atoms. The molecule has 0 bridgehead atoms. The van der Waals surface area contributed by atoms with Crippen molar-refractivity contribution in [1.82, 2.24) is 5.32 Å². The summed E-state index contributed by atoms with van der Waals surface area (Å²) in [7, 11) is 1.62. The molecule has 134 valence electrons. The number of benzene rings is 2. The van der Waals surface area contributed by atoms with Crippen molar-refractivity contribution in [3.05, 3.63) is 53.6 Å². The largest absolute Gasteiger partial charge is 0.497 e. The number of methoxy groups -OCH3 is 1. The molecule has 2 aromatic carbocycles. The first kappa shape index (κ1) is 19.5. The van der Waals surface area contributed by atoms with Crippen molar-refractivity contribution in [3.8, 4) is 11.5 Å². The van der Waals surface area contributed by atoms with Gasteiger partial charge >= 0.3 is 0 Å². The molecule has 0 aliphatic rings. The molecule has 0 saturated heterocycles. The monoisotopic (exact) mass is 379 g/mol. The van der Waals surface area contributed by atoms with E-state index in [2.05, 4.69) is 5.32 Å². The highest BCUT2D eigenvalue weighted by Crippen LogP contribution is 2.24. The van der Waals surface area contributed by atoms with Crippen molar-refractivity contribution in [2.45, 2.75) is 30.0 Å². The Bertz CT molecular complexity index is 676. The first-order chi connectivity index (χ1) is 12.0. The van der Waals surface area contributed by atoms with Crippen LogP contribution in [0.2, 0.25) is 5.02 Å². The fourth-order valence-corrected chi connectivity index (χ4v) is 3.07. The summed E-state index contributed by atoms with van der Waals surface area (Å²) in [5, 5.41) is 3.45. The first-order valence-corrected chi connectivity index (χ1v) is 9.23. The van der Waals surface area contributed by atoms with Crippen LogP contribution in [0.4, 0.5) is 0 Å². The Labute approximate surface area is 157 Å². The summed E-state index contributed by atoms with van der Waals surface area (Å²) < 4.78 is 10.8. The lowest BCUT2D eigenvalue weighted by molar-refractivity contribution is -0.121. The van der Waals surface area contributed by atoms with E-state index < -0.39 is 0 Å². The van der Waals surface area contributed by atoms with E-state index in [9.17, 15) is 4.79 Å². The Hall–Kier alpha value is -1.85. The highest BCUT2D eigenvalue weighted by molar-refractivity contribution is 8.00. The number of ether oxygens (including phenoxy) is 2. The van der Waals surface area contributed by atoms with Gasteiger partial charge in [0.2, 0.25) is 5.91 Å². The molecule has 0 aliphatic carbocycles. The summed E-state index contributed by atoms with van der Waals surface area (Å²) in [6, 6.07) is 14.7. The lowest BCUT2D eigenvalue weighted by Crippen LogP contribution is -2.40. The van der Waals surface area contributed by atoms with Crippen molar-refractivity contribution in [3.63, 3.8) is 0 Å². The van der Waals surface area contributed by atoms with Crippen LogP contribution in [-0.4, -0.2) is 30.9 Å². The van der Waals surface area contributed by atoms with Crippen LogP contribution in [0.15, 0.2) is 53.4 Å². The molecule has 1 amide bonds. The van der Waals surface area contributed by atoms with E-state index in [0.29, 0.717) is 11.6 Å². The van der Waals surface area contributed by atoms with Crippen LogP contribution in [0.1, 0.15) is 13.8 Å². The number of carbonyl (C=O) groups excluding carboxylic acids is 1. The first-order valence-electron chi connectivity index (χ1n) is 7.97. The van der Waals surface area contributed by atoms with Crippen LogP contribution in [0.3, 0.4) is 0 Å². The predicted molar refractivity (Wildman–Crippen MR) is 103 cm³/mol. The molecular formula is C19H22ClNO3S. The average molecular weight is 380 g/mol. The van der Waals surface area contributed by atoms with E-state index in [1.165, 1.54) is 11.8 Å². The van der Waals surface area contributed by atoms with Gasteiger partial charge < -0.3 is 14.8 Å². The topological polar surface area (TPSA) is 47.6 Å². The van der Waals surface area contributed by atoms with Crippen LogP contribution in [0.5, 0.6) is 11.5 Å². The maximum atomic E-state index is 12.3. The van der Waals surface area contributed by atoms with E-state index in [4.69, 9.17) is 21.1 Å². The smallest absolute Gasteiger partial charge is 0.233 e. The van der Waals surface area contributed by atoms with Crippen molar-refractivity contribution in [1.29, 1.82) is 0 Å². The SMILES string of the molecule is COc1ccc(OC[C@@H](C)NC(=O)[C@@H](C)Sc2ccc(Cl)cc2)cc1. The van der Waals surface area contributed by atoms with Crippen molar-refractivity contribution in [2.75, 3.05) is 13.7 Å². The molecule has 2 aromatic rings. The summed E-state index contributed by atoms with van der Waals surface area (Å²) in [4.78, 5) is 13.3. The molecule has 0 aromatic heterocycles. The van der Waals surface area contributed by atoms with Gasteiger partial charge in [-0.3, -0.25) is 4.79 Å². The number of hydrogen-bond donors (Lipinski definition) is 1. The molecule has 4 nitrogen and oxygen atoms in total. The lowest BCUT2D eigenvalue weighted by atomic mass is 10.3. The molecule has 0 saturated carbocycles. The molecule has 0 aliphatic heterocycles. The molecule has 0 spiro atoms. The Morgan fingerprint density at radius 3 is 2.28 bits per heavy atom. The third-order valence-corrected chi connectivity index (χ3v) is 4.81. The Balaban J connectivity index is 1.77. The summed E-state index contributed by atoms with van der Waals surface area (Å²) >= 11 is 7.37. The normalized spacial score (nSPS) is 13.0. The van der Waals surface area contributed by atoms with Crippen LogP contribution < -0.4 is 14.8 Å². The number of carbonyl (C=O) groups is 1. The zero-order valence-electron chi connectivity index (χ0n) is 14.5. The highest BCUT2D eigenvalue weighted by Gasteiger charge is 2.16. The molecule has 0 heterocycles. The lowest BCUT2D eigenvalue weighted by Gasteiger charge is -2.18. The fraction of sp³-hybridized carbons (Fsp3) is 0.316. The van der Waals surface area contributed by atoms with Gasteiger partial charge in [0, 0.05) is 9.92 Å². The van der Waals surface area contributed by atoms with Crippen molar-refractivity contribution >= 4 is 29.3 Å². The van der Waals surface area contributed by atoms with E-state index in [-0.39, 0.29) is 17.2 Å². The number of thioether (sulfide) groups is 1. The van der Waals surface area contributed by atoms with E-state index in [0.717, 1.165) is 16.4 Å².